The number of rotatable bonds is 8. The van der Waals surface area contributed by atoms with Crippen molar-refractivity contribution in [2.24, 2.45) is 0 Å². The average molecular weight is 453 g/mol. The van der Waals surface area contributed by atoms with Crippen molar-refractivity contribution in [1.82, 2.24) is 10.3 Å². The molecule has 148 valence electrons. The monoisotopic (exact) mass is 452 g/mol. The van der Waals surface area contributed by atoms with Crippen molar-refractivity contribution >= 4 is 26.8 Å². The molecule has 0 aliphatic carbocycles. The fourth-order valence-electron chi connectivity index (χ4n) is 3.38. The minimum atomic E-state index is -0.247. The number of hydrogen-bond donors (Lipinski definition) is 2. The van der Waals surface area contributed by atoms with E-state index in [9.17, 15) is 4.39 Å². The lowest BCUT2D eigenvalue weighted by Crippen LogP contribution is -2.17. The number of ether oxygens (including phenoxy) is 1. The van der Waals surface area contributed by atoms with Crippen LogP contribution in [0.3, 0.4) is 0 Å². The van der Waals surface area contributed by atoms with E-state index in [1.54, 1.807) is 12.1 Å². The Morgan fingerprint density at radius 1 is 0.931 bits per heavy atom. The Morgan fingerprint density at radius 2 is 1.76 bits per heavy atom. The molecular weight excluding hydrogens is 431 g/mol. The second-order valence-corrected chi connectivity index (χ2v) is 7.83. The van der Waals surface area contributed by atoms with Crippen LogP contribution in [0.25, 0.3) is 10.9 Å². The van der Waals surface area contributed by atoms with Gasteiger partial charge >= 0.3 is 0 Å². The molecule has 4 rings (SSSR count). The van der Waals surface area contributed by atoms with Gasteiger partial charge in [0.1, 0.15) is 18.2 Å². The topological polar surface area (TPSA) is 37.0 Å². The normalized spacial score (nSPS) is 11.1. The molecule has 4 aromatic rings. The second-order valence-electron chi connectivity index (χ2n) is 6.92. The minimum absolute atomic E-state index is 0.205. The predicted octanol–water partition coefficient (Wildman–Crippen LogP) is 5.98. The molecule has 1 heterocycles. The van der Waals surface area contributed by atoms with Crippen LogP contribution in [0.2, 0.25) is 0 Å². The van der Waals surface area contributed by atoms with E-state index in [2.05, 4.69) is 50.6 Å². The third kappa shape index (κ3) is 4.86. The van der Waals surface area contributed by atoms with E-state index < -0.39 is 0 Å². The summed E-state index contributed by atoms with van der Waals surface area (Å²) in [6.45, 7) is 1.73. The molecule has 0 spiro atoms. The van der Waals surface area contributed by atoms with E-state index >= 15 is 0 Å². The Kier molecular flexibility index (Phi) is 6.27. The Labute approximate surface area is 178 Å². The zero-order valence-electron chi connectivity index (χ0n) is 15.9. The van der Waals surface area contributed by atoms with Crippen LogP contribution in [0, 0.1) is 5.82 Å². The van der Waals surface area contributed by atoms with Gasteiger partial charge in [0.2, 0.25) is 0 Å². The summed E-state index contributed by atoms with van der Waals surface area (Å²) >= 11 is 3.52. The molecule has 0 aliphatic heterocycles. The molecule has 3 nitrogen and oxygen atoms in total. The summed E-state index contributed by atoms with van der Waals surface area (Å²) < 4.78 is 20.8. The van der Waals surface area contributed by atoms with E-state index in [0.29, 0.717) is 12.1 Å². The fraction of sp³-hybridized carbons (Fsp3) is 0.167. The molecule has 5 heteroatoms. The molecular formula is C24H22BrFN2O. The van der Waals surface area contributed by atoms with Crippen LogP contribution in [0.15, 0.2) is 77.4 Å². The molecule has 0 aliphatic rings. The number of aromatic nitrogens is 1. The molecule has 0 radical (unpaired) electrons. The summed E-state index contributed by atoms with van der Waals surface area (Å²) in [5, 5.41) is 4.76. The van der Waals surface area contributed by atoms with Gasteiger partial charge < -0.3 is 15.0 Å². The highest BCUT2D eigenvalue weighted by molar-refractivity contribution is 9.10. The maximum atomic E-state index is 13.8. The van der Waals surface area contributed by atoms with Crippen LogP contribution in [0.5, 0.6) is 5.75 Å². The highest BCUT2D eigenvalue weighted by Crippen LogP contribution is 2.25. The second kappa shape index (κ2) is 9.25. The number of para-hydroxylation sites is 1. The van der Waals surface area contributed by atoms with Gasteiger partial charge in [0.25, 0.3) is 0 Å². The largest absolute Gasteiger partial charge is 0.488 e. The van der Waals surface area contributed by atoms with Crippen molar-refractivity contribution in [1.29, 1.82) is 0 Å². The summed E-state index contributed by atoms with van der Waals surface area (Å²) in [7, 11) is 0. The zero-order chi connectivity index (χ0) is 20.1. The van der Waals surface area contributed by atoms with Gasteiger partial charge in [0.05, 0.1) is 0 Å². The third-order valence-corrected chi connectivity index (χ3v) is 5.42. The molecule has 0 amide bonds. The first-order valence-electron chi connectivity index (χ1n) is 9.61. The summed E-state index contributed by atoms with van der Waals surface area (Å²) in [6.07, 6.45) is 3.01. The molecule has 0 atom stereocenters. The van der Waals surface area contributed by atoms with Gasteiger partial charge in [-0.1, -0.05) is 52.3 Å². The van der Waals surface area contributed by atoms with E-state index in [4.69, 9.17) is 4.74 Å². The van der Waals surface area contributed by atoms with Crippen molar-refractivity contribution < 1.29 is 9.13 Å². The van der Waals surface area contributed by atoms with Gasteiger partial charge in [-0.05, 0) is 48.9 Å². The van der Waals surface area contributed by atoms with Crippen LogP contribution in [-0.4, -0.2) is 11.5 Å². The van der Waals surface area contributed by atoms with E-state index in [0.717, 1.165) is 28.8 Å². The van der Waals surface area contributed by atoms with E-state index in [-0.39, 0.29) is 12.4 Å². The Balaban J connectivity index is 1.36. The van der Waals surface area contributed by atoms with Crippen molar-refractivity contribution in [2.45, 2.75) is 19.6 Å². The van der Waals surface area contributed by atoms with Gasteiger partial charge in [0.15, 0.2) is 0 Å². The number of nitrogens with one attached hydrogen (secondary N) is 2. The Morgan fingerprint density at radius 3 is 2.66 bits per heavy atom. The minimum Gasteiger partial charge on any atom is -0.488 e. The highest BCUT2D eigenvalue weighted by Gasteiger charge is 2.08. The number of halogens is 2. The summed E-state index contributed by atoms with van der Waals surface area (Å²) in [5.41, 5.74) is 4.06. The van der Waals surface area contributed by atoms with Gasteiger partial charge in [-0.2, -0.15) is 0 Å². The lowest BCUT2D eigenvalue weighted by molar-refractivity contribution is 0.296. The molecule has 2 N–H and O–H groups in total. The van der Waals surface area contributed by atoms with Crippen LogP contribution >= 0.6 is 15.9 Å². The molecule has 0 fully saturated rings. The van der Waals surface area contributed by atoms with E-state index in [1.807, 2.05) is 30.3 Å². The van der Waals surface area contributed by atoms with Crippen molar-refractivity contribution in [3.05, 3.63) is 99.9 Å². The average Bonchev–Trinajstić information content (AvgIpc) is 3.15. The van der Waals surface area contributed by atoms with Crippen LogP contribution in [0.1, 0.15) is 16.7 Å². The first kappa shape index (κ1) is 19.7. The number of fused-ring (bicyclic) bond motifs is 1. The molecule has 29 heavy (non-hydrogen) atoms. The first-order chi connectivity index (χ1) is 14.2. The highest BCUT2D eigenvalue weighted by atomic mass is 79.9. The molecule has 0 saturated carbocycles. The fourth-order valence-corrected chi connectivity index (χ4v) is 3.79. The standard InChI is InChI=1S/C24H22BrFN2O/c25-20-9-10-24(29-16-18-5-1-3-7-22(18)26)19(13-20)14-27-12-11-17-15-28-23-8-4-2-6-21(17)23/h1-10,13,15,27-28H,11-12,14,16H2. The van der Waals surface area contributed by atoms with Crippen molar-refractivity contribution in [3.63, 3.8) is 0 Å². The number of hydrogen-bond acceptors (Lipinski definition) is 2. The quantitative estimate of drug-likeness (QED) is 0.322. The predicted molar refractivity (Wildman–Crippen MR) is 119 cm³/mol. The Bertz CT molecular complexity index is 1110. The molecule has 0 unspecified atom stereocenters. The lowest BCUT2D eigenvalue weighted by atomic mass is 10.1. The van der Waals surface area contributed by atoms with Crippen molar-refractivity contribution in [2.75, 3.05) is 6.54 Å². The molecule has 1 aromatic heterocycles. The summed E-state index contributed by atoms with van der Waals surface area (Å²) in [6, 6.07) is 20.9. The zero-order valence-corrected chi connectivity index (χ0v) is 17.5. The third-order valence-electron chi connectivity index (χ3n) is 4.93. The van der Waals surface area contributed by atoms with Crippen LogP contribution in [0.4, 0.5) is 4.39 Å². The number of aromatic amines is 1. The Hall–Kier alpha value is -2.63. The smallest absolute Gasteiger partial charge is 0.129 e. The maximum Gasteiger partial charge on any atom is 0.129 e. The maximum absolute atomic E-state index is 13.8. The van der Waals surface area contributed by atoms with Gasteiger partial charge in [-0.25, -0.2) is 4.39 Å². The van der Waals surface area contributed by atoms with Crippen LogP contribution in [-0.2, 0) is 19.6 Å². The van der Waals surface area contributed by atoms with Gasteiger partial charge in [0, 0.05) is 39.2 Å². The molecule has 3 aromatic carbocycles. The SMILES string of the molecule is Fc1ccccc1COc1ccc(Br)cc1CNCCc1c[nH]c2ccccc12. The summed E-state index contributed by atoms with van der Waals surface area (Å²) in [4.78, 5) is 3.32. The van der Waals surface area contributed by atoms with Gasteiger partial charge in [-0.3, -0.25) is 0 Å². The lowest BCUT2D eigenvalue weighted by Gasteiger charge is -2.13. The first-order valence-corrected chi connectivity index (χ1v) is 10.4. The van der Waals surface area contributed by atoms with Gasteiger partial charge in [-0.15, -0.1) is 0 Å². The number of benzene rings is 3. The van der Waals surface area contributed by atoms with Crippen LogP contribution < -0.4 is 10.1 Å². The summed E-state index contributed by atoms with van der Waals surface area (Å²) in [5.74, 6) is 0.513. The number of H-pyrrole nitrogens is 1. The van der Waals surface area contributed by atoms with E-state index in [1.165, 1.54) is 22.5 Å². The van der Waals surface area contributed by atoms with Crippen molar-refractivity contribution in [3.8, 4) is 5.75 Å². The molecule has 0 bridgehead atoms. The molecule has 0 saturated heterocycles.